The van der Waals surface area contributed by atoms with E-state index in [0.717, 1.165) is 20.6 Å². The minimum Gasteiger partial charge on any atom is -0.292 e. The van der Waals surface area contributed by atoms with Crippen molar-refractivity contribution in [1.82, 2.24) is 10.2 Å². The Balaban J connectivity index is 1.93. The largest absolute Gasteiger partial charge is 0.292 e. The number of carbonyl (C=O) groups is 1. The van der Waals surface area contributed by atoms with Crippen molar-refractivity contribution in [2.24, 2.45) is 0 Å². The van der Waals surface area contributed by atoms with Gasteiger partial charge in [-0.2, -0.15) is 0 Å². The third-order valence-electron chi connectivity index (χ3n) is 2.12. The average Bonchev–Trinajstić information content (AvgIpc) is 2.94. The summed E-state index contributed by atoms with van der Waals surface area (Å²) in [4.78, 5) is 14.0. The molecular weight excluding hydrogens is 272 g/mol. The molecule has 0 fully saturated rings. The molecule has 2 heterocycles. The summed E-state index contributed by atoms with van der Waals surface area (Å²) < 4.78 is 0.864. The first kappa shape index (κ1) is 12.7. The molecule has 0 atom stereocenters. The Labute approximate surface area is 112 Å². The molecule has 0 aliphatic rings. The van der Waals surface area contributed by atoms with Crippen LogP contribution in [0, 0.1) is 6.92 Å². The molecule has 0 saturated carbocycles. The lowest BCUT2D eigenvalue weighted by Gasteiger charge is -1.94. The van der Waals surface area contributed by atoms with Crippen LogP contribution in [0.3, 0.4) is 0 Å². The maximum atomic E-state index is 11.9. The summed E-state index contributed by atoms with van der Waals surface area (Å²) in [6, 6.07) is 3.94. The van der Waals surface area contributed by atoms with Crippen molar-refractivity contribution in [3.8, 4) is 0 Å². The van der Waals surface area contributed by atoms with Gasteiger partial charge in [-0.15, -0.1) is 21.5 Å². The molecule has 6 heteroatoms. The predicted octanol–water partition coefficient (Wildman–Crippen LogP) is 3.45. The van der Waals surface area contributed by atoms with Gasteiger partial charge < -0.3 is 0 Å². The van der Waals surface area contributed by atoms with Crippen molar-refractivity contribution in [2.75, 3.05) is 5.75 Å². The zero-order valence-electron chi connectivity index (χ0n) is 9.60. The van der Waals surface area contributed by atoms with Crippen LogP contribution in [-0.2, 0) is 6.42 Å². The Morgan fingerprint density at radius 3 is 2.76 bits per heavy atom. The molecule has 3 nitrogen and oxygen atoms in total. The highest BCUT2D eigenvalue weighted by Crippen LogP contribution is 2.24. The Bertz CT molecular complexity index is 518. The number of hydrogen-bond donors (Lipinski definition) is 0. The molecule has 0 radical (unpaired) electrons. The van der Waals surface area contributed by atoms with E-state index in [1.807, 2.05) is 19.1 Å². The van der Waals surface area contributed by atoms with E-state index < -0.39 is 0 Å². The molecular formula is C11H12N2OS3. The van der Waals surface area contributed by atoms with Crippen molar-refractivity contribution in [1.29, 1.82) is 0 Å². The first-order chi connectivity index (χ1) is 8.19. The van der Waals surface area contributed by atoms with E-state index in [2.05, 4.69) is 17.1 Å². The summed E-state index contributed by atoms with van der Waals surface area (Å²) in [6.45, 7) is 4.01. The Kier molecular flexibility index (Phi) is 4.31. The van der Waals surface area contributed by atoms with Gasteiger partial charge in [0.1, 0.15) is 5.01 Å². The summed E-state index contributed by atoms with van der Waals surface area (Å²) in [7, 11) is 0. The van der Waals surface area contributed by atoms with Crippen molar-refractivity contribution in [3.63, 3.8) is 0 Å². The second kappa shape index (κ2) is 5.75. The lowest BCUT2D eigenvalue weighted by Crippen LogP contribution is -1.98. The number of aromatic nitrogens is 2. The van der Waals surface area contributed by atoms with E-state index >= 15 is 0 Å². The molecule has 0 unspecified atom stereocenters. The number of carbonyl (C=O) groups excluding carboxylic acids is 1. The molecule has 90 valence electrons. The zero-order valence-corrected chi connectivity index (χ0v) is 12.0. The molecule has 2 rings (SSSR count). The number of thiophene rings is 1. The van der Waals surface area contributed by atoms with Gasteiger partial charge in [-0.05, 0) is 25.5 Å². The topological polar surface area (TPSA) is 42.9 Å². The fraction of sp³-hybridized carbons (Fsp3) is 0.364. The van der Waals surface area contributed by atoms with E-state index in [9.17, 15) is 4.79 Å². The zero-order chi connectivity index (χ0) is 12.3. The molecule has 2 aromatic rings. The summed E-state index contributed by atoms with van der Waals surface area (Å²) >= 11 is 4.58. The van der Waals surface area contributed by atoms with Crippen molar-refractivity contribution in [2.45, 2.75) is 24.6 Å². The number of ketones is 1. The normalized spacial score (nSPS) is 10.7. The van der Waals surface area contributed by atoms with Gasteiger partial charge in [-0.1, -0.05) is 30.0 Å². The number of rotatable bonds is 5. The van der Waals surface area contributed by atoms with Crippen LogP contribution in [0.5, 0.6) is 0 Å². The SMILES string of the molecule is CCc1ccc(C(=O)CSc2nnc(C)s2)s1. The van der Waals surface area contributed by atoms with Crippen LogP contribution >= 0.6 is 34.4 Å². The highest BCUT2D eigenvalue weighted by atomic mass is 32.2. The van der Waals surface area contributed by atoms with E-state index in [0.29, 0.717) is 5.75 Å². The summed E-state index contributed by atoms with van der Waals surface area (Å²) in [6.07, 6.45) is 0.987. The maximum absolute atomic E-state index is 11.9. The van der Waals surface area contributed by atoms with Crippen LogP contribution in [0.25, 0.3) is 0 Å². The van der Waals surface area contributed by atoms with Crippen LogP contribution in [0.2, 0.25) is 0 Å². The number of nitrogens with zero attached hydrogens (tertiary/aromatic N) is 2. The second-order valence-electron chi connectivity index (χ2n) is 3.42. The van der Waals surface area contributed by atoms with Gasteiger partial charge in [0.25, 0.3) is 0 Å². The molecule has 0 N–H and O–H groups in total. The van der Waals surface area contributed by atoms with Gasteiger partial charge in [0.2, 0.25) is 0 Å². The number of hydrogen-bond acceptors (Lipinski definition) is 6. The molecule has 0 spiro atoms. The number of thioether (sulfide) groups is 1. The van der Waals surface area contributed by atoms with Gasteiger partial charge >= 0.3 is 0 Å². The quantitative estimate of drug-likeness (QED) is 0.623. The van der Waals surface area contributed by atoms with Crippen molar-refractivity contribution in [3.05, 3.63) is 26.9 Å². The van der Waals surface area contributed by atoms with E-state index in [1.54, 1.807) is 11.3 Å². The Hall–Kier alpha value is -0.720. The van der Waals surface area contributed by atoms with Crippen molar-refractivity contribution >= 4 is 40.2 Å². The highest BCUT2D eigenvalue weighted by molar-refractivity contribution is 8.01. The van der Waals surface area contributed by atoms with Crippen LogP contribution in [0.1, 0.15) is 26.5 Å². The van der Waals surface area contributed by atoms with Crippen LogP contribution in [0.4, 0.5) is 0 Å². The van der Waals surface area contributed by atoms with Gasteiger partial charge in [0, 0.05) is 4.88 Å². The lowest BCUT2D eigenvalue weighted by atomic mass is 10.3. The fourth-order valence-corrected chi connectivity index (χ4v) is 3.93. The van der Waals surface area contributed by atoms with Gasteiger partial charge in [-0.3, -0.25) is 4.79 Å². The molecule has 0 aliphatic heterocycles. The van der Waals surface area contributed by atoms with Crippen LogP contribution in [-0.4, -0.2) is 21.7 Å². The Morgan fingerprint density at radius 2 is 2.18 bits per heavy atom. The van der Waals surface area contributed by atoms with Crippen molar-refractivity contribution < 1.29 is 4.79 Å². The summed E-state index contributed by atoms with van der Waals surface area (Å²) in [5.41, 5.74) is 0. The first-order valence-corrected chi connectivity index (χ1v) is 7.85. The molecule has 0 saturated heterocycles. The first-order valence-electron chi connectivity index (χ1n) is 5.24. The third kappa shape index (κ3) is 3.37. The minimum atomic E-state index is 0.174. The summed E-state index contributed by atoms with van der Waals surface area (Å²) in [5.74, 6) is 0.616. The molecule has 17 heavy (non-hydrogen) atoms. The molecule has 0 aliphatic carbocycles. The number of aryl methyl sites for hydroxylation is 2. The van der Waals surface area contributed by atoms with E-state index in [4.69, 9.17) is 0 Å². The van der Waals surface area contributed by atoms with Gasteiger partial charge in [0.15, 0.2) is 10.1 Å². The summed E-state index contributed by atoms with van der Waals surface area (Å²) in [5, 5.41) is 8.84. The van der Waals surface area contributed by atoms with E-state index in [1.165, 1.54) is 28.0 Å². The van der Waals surface area contributed by atoms with Gasteiger partial charge in [0.05, 0.1) is 10.6 Å². The molecule has 0 aromatic carbocycles. The third-order valence-corrected chi connectivity index (χ3v) is 5.36. The highest BCUT2D eigenvalue weighted by Gasteiger charge is 2.11. The molecule has 2 aromatic heterocycles. The van der Waals surface area contributed by atoms with Crippen LogP contribution in [0.15, 0.2) is 16.5 Å². The number of Topliss-reactive ketones (excluding diaryl/α,β-unsaturated/α-hetero) is 1. The average molecular weight is 284 g/mol. The molecule has 0 bridgehead atoms. The smallest absolute Gasteiger partial charge is 0.183 e. The van der Waals surface area contributed by atoms with Crippen LogP contribution < -0.4 is 0 Å². The van der Waals surface area contributed by atoms with E-state index in [-0.39, 0.29) is 5.78 Å². The minimum absolute atomic E-state index is 0.174. The monoisotopic (exact) mass is 284 g/mol. The fourth-order valence-electron chi connectivity index (χ4n) is 1.25. The van der Waals surface area contributed by atoms with Gasteiger partial charge in [-0.25, -0.2) is 0 Å². The predicted molar refractivity (Wildman–Crippen MR) is 73.4 cm³/mol. The Morgan fingerprint density at radius 1 is 1.35 bits per heavy atom. The second-order valence-corrected chi connectivity index (χ2v) is 6.99. The molecule has 0 amide bonds. The maximum Gasteiger partial charge on any atom is 0.183 e. The standard InChI is InChI=1S/C11H12N2OS3/c1-3-8-4-5-10(17-8)9(14)6-15-11-13-12-7(2)16-11/h4-5H,3,6H2,1-2H3. The lowest BCUT2D eigenvalue weighted by molar-refractivity contribution is 0.102.